The predicted octanol–water partition coefficient (Wildman–Crippen LogP) is 6.06. The van der Waals surface area contributed by atoms with Crippen LogP contribution in [-0.2, 0) is 6.18 Å². The second kappa shape index (κ2) is 9.63. The van der Waals surface area contributed by atoms with Gasteiger partial charge in [-0.1, -0.05) is 11.6 Å². The highest BCUT2D eigenvalue weighted by Gasteiger charge is 2.37. The van der Waals surface area contributed by atoms with Crippen LogP contribution in [-0.4, -0.2) is 53.2 Å². The molecule has 0 saturated carbocycles. The Morgan fingerprint density at radius 3 is 2.32 bits per heavy atom. The zero-order valence-electron chi connectivity index (χ0n) is 20.6. The highest BCUT2D eigenvalue weighted by atomic mass is 35.5. The Morgan fingerprint density at radius 1 is 0.946 bits per heavy atom. The molecule has 0 aliphatic carbocycles. The van der Waals surface area contributed by atoms with Crippen molar-refractivity contribution in [2.75, 3.05) is 47.4 Å². The number of piperazine rings is 1. The van der Waals surface area contributed by atoms with E-state index in [-0.39, 0.29) is 16.4 Å². The normalized spacial score (nSPS) is 18.0. The summed E-state index contributed by atoms with van der Waals surface area (Å²) in [4.78, 5) is 19.6. The first-order valence-electron chi connectivity index (χ1n) is 12.2. The summed E-state index contributed by atoms with van der Waals surface area (Å²) in [5.41, 5.74) is 0.410. The maximum atomic E-state index is 13.8. The zero-order valence-corrected chi connectivity index (χ0v) is 21.3. The van der Waals surface area contributed by atoms with Gasteiger partial charge in [-0.3, -0.25) is 0 Å². The topological polar surface area (TPSA) is 48.4 Å². The molecule has 3 aromatic rings. The number of benzene rings is 1. The van der Waals surface area contributed by atoms with Crippen LogP contribution >= 0.6 is 11.6 Å². The van der Waals surface area contributed by atoms with Crippen molar-refractivity contribution in [3.8, 4) is 11.3 Å². The van der Waals surface area contributed by atoms with Crippen molar-refractivity contribution >= 4 is 29.2 Å². The first kappa shape index (κ1) is 25.5. The molecule has 0 radical (unpaired) electrons. The Kier molecular flexibility index (Phi) is 6.64. The first-order valence-corrected chi connectivity index (χ1v) is 12.5. The maximum absolute atomic E-state index is 13.8. The molecular weight excluding hydrogens is 508 g/mol. The van der Waals surface area contributed by atoms with Crippen LogP contribution in [0.2, 0.25) is 5.02 Å². The molecule has 11 heteroatoms. The molecule has 2 aromatic heterocycles. The minimum atomic E-state index is -4.48. The quantitative estimate of drug-likeness (QED) is 0.379. The van der Waals surface area contributed by atoms with Crippen LogP contribution < -0.4 is 14.7 Å². The molecule has 0 amide bonds. The number of rotatable bonds is 4. The minimum Gasteiger partial charge on any atom is -0.353 e. The third-order valence-electron chi connectivity index (χ3n) is 7.05. The molecule has 2 fully saturated rings. The number of hydrogen-bond donors (Lipinski definition) is 0. The number of alkyl halides is 3. The number of nitrogens with zero attached hydrogens (tertiary/aromatic N) is 6. The molecule has 2 aliphatic rings. The van der Waals surface area contributed by atoms with E-state index in [1.54, 1.807) is 17.0 Å². The van der Waals surface area contributed by atoms with Gasteiger partial charge in [0.15, 0.2) is 0 Å². The summed E-state index contributed by atoms with van der Waals surface area (Å²) < 4.78 is 54.4. The number of hydrogen-bond acceptors (Lipinski definition) is 6. The van der Waals surface area contributed by atoms with Crippen molar-refractivity contribution in [1.82, 2.24) is 15.0 Å². The van der Waals surface area contributed by atoms with Gasteiger partial charge in [-0.05, 0) is 57.0 Å². The molecule has 0 atom stereocenters. The second-order valence-electron chi connectivity index (χ2n) is 9.95. The fourth-order valence-corrected chi connectivity index (χ4v) is 5.18. The standard InChI is InChI=1S/C26H27ClF4N6/c1-25(2)8-4-10-37(25)24-33-21(17-6-7-20(28)19(27)15-17)16-22(34-24)35-11-13-36(14-12-35)23-18(26(29,30)31)5-3-9-32-23/h3,5-7,9,15-16H,4,8,10-14H2,1-2H3. The molecule has 0 unspecified atom stereocenters. The van der Waals surface area contributed by atoms with Crippen LogP contribution in [0.15, 0.2) is 42.6 Å². The van der Waals surface area contributed by atoms with Gasteiger partial charge in [0.2, 0.25) is 5.95 Å². The van der Waals surface area contributed by atoms with Crippen LogP contribution in [0.1, 0.15) is 32.3 Å². The molecule has 0 bridgehead atoms. The molecule has 0 N–H and O–H groups in total. The number of halogens is 5. The van der Waals surface area contributed by atoms with Gasteiger partial charge in [0.1, 0.15) is 17.5 Å². The summed E-state index contributed by atoms with van der Waals surface area (Å²) in [5, 5.41) is 0.00478. The summed E-state index contributed by atoms with van der Waals surface area (Å²) in [7, 11) is 0. The van der Waals surface area contributed by atoms with E-state index in [9.17, 15) is 17.6 Å². The summed E-state index contributed by atoms with van der Waals surface area (Å²) >= 11 is 6.05. The minimum absolute atomic E-state index is 0.00478. The zero-order chi connectivity index (χ0) is 26.4. The molecule has 0 spiro atoms. The van der Waals surface area contributed by atoms with Crippen LogP contribution in [0.25, 0.3) is 11.3 Å². The van der Waals surface area contributed by atoms with Crippen molar-refractivity contribution in [1.29, 1.82) is 0 Å². The summed E-state index contributed by atoms with van der Waals surface area (Å²) in [6.45, 7) is 6.73. The molecule has 1 aromatic carbocycles. The highest BCUT2D eigenvalue weighted by Crippen LogP contribution is 2.37. The highest BCUT2D eigenvalue weighted by molar-refractivity contribution is 6.31. The van der Waals surface area contributed by atoms with Gasteiger partial charge >= 0.3 is 6.18 Å². The SMILES string of the molecule is CC1(C)CCCN1c1nc(-c2ccc(F)c(Cl)c2)cc(N2CCN(c3ncccc3C(F)(F)F)CC2)n1. The third-order valence-corrected chi connectivity index (χ3v) is 7.34. The van der Waals surface area contributed by atoms with E-state index >= 15 is 0 Å². The molecule has 37 heavy (non-hydrogen) atoms. The lowest BCUT2D eigenvalue weighted by Gasteiger charge is -2.38. The largest absolute Gasteiger partial charge is 0.419 e. The van der Waals surface area contributed by atoms with Gasteiger partial charge < -0.3 is 14.7 Å². The average molecular weight is 535 g/mol. The van der Waals surface area contributed by atoms with Gasteiger partial charge in [-0.15, -0.1) is 0 Å². The lowest BCUT2D eigenvalue weighted by molar-refractivity contribution is -0.137. The van der Waals surface area contributed by atoms with Crippen LogP contribution in [0, 0.1) is 5.82 Å². The molecule has 2 saturated heterocycles. The fourth-order valence-electron chi connectivity index (χ4n) is 5.00. The van der Waals surface area contributed by atoms with E-state index < -0.39 is 17.6 Å². The smallest absolute Gasteiger partial charge is 0.353 e. The van der Waals surface area contributed by atoms with Crippen LogP contribution in [0.4, 0.5) is 35.1 Å². The Morgan fingerprint density at radius 2 is 1.68 bits per heavy atom. The van der Waals surface area contributed by atoms with Gasteiger partial charge in [0, 0.05) is 56.1 Å². The summed E-state index contributed by atoms with van der Waals surface area (Å²) in [6.07, 6.45) is -1.08. The van der Waals surface area contributed by atoms with E-state index in [1.165, 1.54) is 18.3 Å². The van der Waals surface area contributed by atoms with Gasteiger partial charge in [0.25, 0.3) is 0 Å². The third kappa shape index (κ3) is 5.16. The molecule has 6 nitrogen and oxygen atoms in total. The van der Waals surface area contributed by atoms with E-state index in [0.717, 1.165) is 25.5 Å². The molecule has 196 valence electrons. The average Bonchev–Trinajstić information content (AvgIpc) is 3.24. The predicted molar refractivity (Wildman–Crippen MR) is 137 cm³/mol. The first-order chi connectivity index (χ1) is 17.5. The van der Waals surface area contributed by atoms with E-state index in [2.05, 4.69) is 23.7 Å². The van der Waals surface area contributed by atoms with Gasteiger partial charge in [-0.25, -0.2) is 14.4 Å². The molecular formula is C26H27ClF4N6. The van der Waals surface area contributed by atoms with Gasteiger partial charge in [-0.2, -0.15) is 18.2 Å². The summed E-state index contributed by atoms with van der Waals surface area (Å²) in [5.74, 6) is 0.671. The number of pyridine rings is 1. The van der Waals surface area contributed by atoms with E-state index in [1.807, 2.05) is 11.0 Å². The van der Waals surface area contributed by atoms with Gasteiger partial charge in [0.05, 0.1) is 16.3 Å². The monoisotopic (exact) mass is 534 g/mol. The Labute approximate surface area is 217 Å². The molecule has 5 rings (SSSR count). The van der Waals surface area contributed by atoms with Crippen molar-refractivity contribution in [2.45, 2.75) is 38.4 Å². The number of anilines is 3. The Bertz CT molecular complexity index is 1290. The van der Waals surface area contributed by atoms with Crippen molar-refractivity contribution in [2.24, 2.45) is 0 Å². The van der Waals surface area contributed by atoms with Crippen molar-refractivity contribution in [3.05, 3.63) is 59.0 Å². The lowest BCUT2D eigenvalue weighted by atomic mass is 10.0. The lowest BCUT2D eigenvalue weighted by Crippen LogP contribution is -2.48. The van der Waals surface area contributed by atoms with Crippen molar-refractivity contribution in [3.63, 3.8) is 0 Å². The van der Waals surface area contributed by atoms with Crippen molar-refractivity contribution < 1.29 is 17.6 Å². The number of aromatic nitrogens is 3. The maximum Gasteiger partial charge on any atom is 0.419 e. The van der Waals surface area contributed by atoms with Crippen LogP contribution in [0.3, 0.4) is 0 Å². The summed E-state index contributed by atoms with van der Waals surface area (Å²) in [6, 6.07) is 8.66. The molecule has 4 heterocycles. The van der Waals surface area contributed by atoms with E-state index in [0.29, 0.717) is 49.2 Å². The Balaban J connectivity index is 1.46. The fraction of sp³-hybridized carbons (Fsp3) is 0.423. The van der Waals surface area contributed by atoms with E-state index in [4.69, 9.17) is 21.6 Å². The Hall–Kier alpha value is -3.14. The van der Waals surface area contributed by atoms with Crippen LogP contribution in [0.5, 0.6) is 0 Å². The second-order valence-corrected chi connectivity index (χ2v) is 10.4. The molecule has 2 aliphatic heterocycles.